The van der Waals surface area contributed by atoms with Crippen LogP contribution in [-0.2, 0) is 16.4 Å². The minimum Gasteiger partial charge on any atom is -0.357 e. The molecule has 0 bridgehead atoms. The fourth-order valence-electron chi connectivity index (χ4n) is 1.78. The molecule has 8 nitrogen and oxygen atoms in total. The van der Waals surface area contributed by atoms with Crippen LogP contribution in [0.2, 0.25) is 0 Å². The zero-order valence-corrected chi connectivity index (χ0v) is 12.7. The summed E-state index contributed by atoms with van der Waals surface area (Å²) in [4.78, 5) is 7.84. The van der Waals surface area contributed by atoms with E-state index in [4.69, 9.17) is 0 Å². The van der Waals surface area contributed by atoms with E-state index in [0.29, 0.717) is 18.9 Å². The van der Waals surface area contributed by atoms with Crippen molar-refractivity contribution in [3.05, 3.63) is 29.8 Å². The van der Waals surface area contributed by atoms with Gasteiger partial charge in [-0.15, -0.1) is 0 Å². The van der Waals surface area contributed by atoms with Crippen LogP contribution in [0.25, 0.3) is 0 Å². The Hall–Kier alpha value is -2.00. The smallest absolute Gasteiger partial charge is 0.243 e. The van der Waals surface area contributed by atoms with Crippen molar-refractivity contribution < 1.29 is 8.42 Å². The normalized spacial score (nSPS) is 11.5. The molecule has 0 aromatic carbocycles. The standard InChI is InChI=1S/C12H18N6O2S/c1-9-10(6-16-18-9)4-3-5-17-21(19,20)11-7-14-12(13-2)15-8-11/h6-8,17H,3-5H2,1-2H3,(H,16,18)(H,13,14,15). The highest BCUT2D eigenvalue weighted by Gasteiger charge is 2.14. The number of anilines is 1. The molecule has 0 fully saturated rings. The van der Waals surface area contributed by atoms with Crippen LogP contribution in [0.1, 0.15) is 17.7 Å². The average Bonchev–Trinajstić information content (AvgIpc) is 2.89. The summed E-state index contributed by atoms with van der Waals surface area (Å²) in [5, 5.41) is 9.51. The maximum atomic E-state index is 12.0. The number of hydrogen-bond acceptors (Lipinski definition) is 6. The Kier molecular flexibility index (Phi) is 4.86. The third-order valence-electron chi connectivity index (χ3n) is 3.01. The summed E-state index contributed by atoms with van der Waals surface area (Å²) >= 11 is 0. The molecule has 0 radical (unpaired) electrons. The van der Waals surface area contributed by atoms with Crippen molar-refractivity contribution in [3.63, 3.8) is 0 Å². The fourth-order valence-corrected chi connectivity index (χ4v) is 2.74. The summed E-state index contributed by atoms with van der Waals surface area (Å²) in [6, 6.07) is 0. The third-order valence-corrected chi connectivity index (χ3v) is 4.43. The van der Waals surface area contributed by atoms with E-state index < -0.39 is 10.0 Å². The highest BCUT2D eigenvalue weighted by molar-refractivity contribution is 7.89. The predicted molar refractivity (Wildman–Crippen MR) is 78.4 cm³/mol. The van der Waals surface area contributed by atoms with Gasteiger partial charge in [0.1, 0.15) is 4.90 Å². The number of aryl methyl sites for hydroxylation is 2. The molecule has 0 aliphatic heterocycles. The predicted octanol–water partition coefficient (Wildman–Crippen LogP) is 0.461. The molecule has 0 saturated carbocycles. The second-order valence-corrected chi connectivity index (χ2v) is 6.28. The zero-order chi connectivity index (χ0) is 15.3. The lowest BCUT2D eigenvalue weighted by Crippen LogP contribution is -2.25. The Morgan fingerprint density at radius 3 is 2.52 bits per heavy atom. The maximum absolute atomic E-state index is 12.0. The molecule has 0 aliphatic rings. The Balaban J connectivity index is 1.87. The summed E-state index contributed by atoms with van der Waals surface area (Å²) in [6.45, 7) is 2.29. The van der Waals surface area contributed by atoms with E-state index in [1.165, 1.54) is 12.4 Å². The SMILES string of the molecule is CNc1ncc(S(=O)(=O)NCCCc2cn[nH]c2C)cn1. The first kappa shape index (κ1) is 15.4. The van der Waals surface area contributed by atoms with Gasteiger partial charge < -0.3 is 5.32 Å². The van der Waals surface area contributed by atoms with Crippen LogP contribution in [-0.4, -0.2) is 42.2 Å². The quantitative estimate of drug-likeness (QED) is 0.640. The first-order valence-corrected chi connectivity index (χ1v) is 7.99. The lowest BCUT2D eigenvalue weighted by molar-refractivity contribution is 0.578. The number of H-pyrrole nitrogens is 1. The molecular weight excluding hydrogens is 292 g/mol. The van der Waals surface area contributed by atoms with Crippen molar-refractivity contribution in [2.75, 3.05) is 18.9 Å². The minimum atomic E-state index is -3.56. The van der Waals surface area contributed by atoms with Crippen molar-refractivity contribution in [1.82, 2.24) is 24.9 Å². The molecule has 0 unspecified atom stereocenters. The van der Waals surface area contributed by atoms with Crippen molar-refractivity contribution in [2.45, 2.75) is 24.7 Å². The molecule has 3 N–H and O–H groups in total. The van der Waals surface area contributed by atoms with Crippen LogP contribution >= 0.6 is 0 Å². The first-order chi connectivity index (χ1) is 10.0. The Morgan fingerprint density at radius 2 is 1.95 bits per heavy atom. The molecule has 9 heteroatoms. The molecule has 0 spiro atoms. The van der Waals surface area contributed by atoms with Gasteiger partial charge in [-0.3, -0.25) is 5.10 Å². The molecule has 0 atom stereocenters. The number of nitrogens with zero attached hydrogens (tertiary/aromatic N) is 3. The van der Waals surface area contributed by atoms with Gasteiger partial charge in [0.05, 0.1) is 18.6 Å². The monoisotopic (exact) mass is 310 g/mol. The minimum absolute atomic E-state index is 0.0565. The molecular formula is C12H18N6O2S. The molecule has 2 aromatic heterocycles. The van der Waals surface area contributed by atoms with E-state index in [0.717, 1.165) is 17.7 Å². The Bertz CT molecular complexity index is 680. The lowest BCUT2D eigenvalue weighted by atomic mass is 10.1. The van der Waals surface area contributed by atoms with Gasteiger partial charge in [0, 0.05) is 19.3 Å². The number of sulfonamides is 1. The van der Waals surface area contributed by atoms with Gasteiger partial charge in [-0.25, -0.2) is 23.1 Å². The van der Waals surface area contributed by atoms with E-state index in [9.17, 15) is 8.42 Å². The number of aromatic amines is 1. The first-order valence-electron chi connectivity index (χ1n) is 6.51. The van der Waals surface area contributed by atoms with Gasteiger partial charge in [-0.05, 0) is 25.3 Å². The van der Waals surface area contributed by atoms with Crippen LogP contribution in [0.5, 0.6) is 0 Å². The largest absolute Gasteiger partial charge is 0.357 e. The van der Waals surface area contributed by atoms with Crippen molar-refractivity contribution in [2.24, 2.45) is 0 Å². The summed E-state index contributed by atoms with van der Waals surface area (Å²) in [6.07, 6.45) is 5.77. The van der Waals surface area contributed by atoms with E-state index in [-0.39, 0.29) is 4.90 Å². The van der Waals surface area contributed by atoms with E-state index in [1.807, 2.05) is 6.92 Å². The summed E-state index contributed by atoms with van der Waals surface area (Å²) in [5.41, 5.74) is 2.10. The third kappa shape index (κ3) is 3.99. The number of hydrogen-bond donors (Lipinski definition) is 3. The van der Waals surface area contributed by atoms with Gasteiger partial charge >= 0.3 is 0 Å². The van der Waals surface area contributed by atoms with E-state index in [1.54, 1.807) is 13.2 Å². The van der Waals surface area contributed by atoms with Gasteiger partial charge in [-0.1, -0.05) is 0 Å². The maximum Gasteiger partial charge on any atom is 0.243 e. The van der Waals surface area contributed by atoms with Crippen molar-refractivity contribution in [3.8, 4) is 0 Å². The highest BCUT2D eigenvalue weighted by Crippen LogP contribution is 2.08. The Morgan fingerprint density at radius 1 is 1.24 bits per heavy atom. The van der Waals surface area contributed by atoms with Gasteiger partial charge in [0.25, 0.3) is 0 Å². The Labute approximate surface area is 123 Å². The van der Waals surface area contributed by atoms with Crippen LogP contribution in [0.15, 0.2) is 23.5 Å². The second kappa shape index (κ2) is 6.64. The number of nitrogens with one attached hydrogen (secondary N) is 3. The highest BCUT2D eigenvalue weighted by atomic mass is 32.2. The van der Waals surface area contributed by atoms with E-state index >= 15 is 0 Å². The summed E-state index contributed by atoms with van der Waals surface area (Å²) in [5.74, 6) is 0.379. The van der Waals surface area contributed by atoms with Gasteiger partial charge in [0.2, 0.25) is 16.0 Å². The molecule has 114 valence electrons. The van der Waals surface area contributed by atoms with Crippen molar-refractivity contribution >= 4 is 16.0 Å². The average molecular weight is 310 g/mol. The number of aromatic nitrogens is 4. The van der Waals surface area contributed by atoms with Gasteiger partial charge in [-0.2, -0.15) is 5.10 Å². The zero-order valence-electron chi connectivity index (χ0n) is 11.9. The second-order valence-electron chi connectivity index (χ2n) is 4.51. The fraction of sp³-hybridized carbons (Fsp3) is 0.417. The van der Waals surface area contributed by atoms with Crippen LogP contribution < -0.4 is 10.0 Å². The molecule has 2 aromatic rings. The number of rotatable bonds is 7. The summed E-state index contributed by atoms with van der Waals surface area (Å²) < 4.78 is 26.6. The van der Waals surface area contributed by atoms with E-state index in [2.05, 4.69) is 30.2 Å². The van der Waals surface area contributed by atoms with Crippen LogP contribution in [0.3, 0.4) is 0 Å². The molecule has 0 saturated heterocycles. The topological polar surface area (TPSA) is 113 Å². The van der Waals surface area contributed by atoms with Crippen molar-refractivity contribution in [1.29, 1.82) is 0 Å². The van der Waals surface area contributed by atoms with Crippen LogP contribution in [0, 0.1) is 6.92 Å². The van der Waals surface area contributed by atoms with Gasteiger partial charge in [0.15, 0.2) is 0 Å². The molecule has 0 aliphatic carbocycles. The molecule has 2 heterocycles. The molecule has 2 rings (SSSR count). The molecule has 0 amide bonds. The molecule has 21 heavy (non-hydrogen) atoms. The van der Waals surface area contributed by atoms with Crippen LogP contribution in [0.4, 0.5) is 5.95 Å². The summed E-state index contributed by atoms with van der Waals surface area (Å²) in [7, 11) is -1.90. The lowest BCUT2D eigenvalue weighted by Gasteiger charge is -2.06.